The Morgan fingerprint density at radius 2 is 2.09 bits per heavy atom. The van der Waals surface area contributed by atoms with E-state index in [-0.39, 0.29) is 16.4 Å². The summed E-state index contributed by atoms with van der Waals surface area (Å²) in [6.45, 7) is 1.51. The van der Waals surface area contributed by atoms with Gasteiger partial charge < -0.3 is 11.5 Å². The van der Waals surface area contributed by atoms with E-state index in [2.05, 4.69) is 15.9 Å². The van der Waals surface area contributed by atoms with E-state index in [0.717, 1.165) is 19.3 Å². The second kappa shape index (κ2) is 7.08. The Kier molecular flexibility index (Phi) is 5.60. The van der Waals surface area contributed by atoms with Gasteiger partial charge in [-0.3, -0.25) is 4.79 Å². The molecule has 4 N–H and O–H groups in total. The third-order valence-electron chi connectivity index (χ3n) is 3.85. The molecule has 0 saturated carbocycles. The molecule has 2 rings (SSSR count). The third kappa shape index (κ3) is 3.87. The lowest BCUT2D eigenvalue weighted by Crippen LogP contribution is -2.40. The average Bonchev–Trinajstić information content (AvgIpc) is 2.47. The normalized spacial score (nSPS) is 20.0. The fraction of sp³-hybridized carbons (Fsp3) is 0.500. The van der Waals surface area contributed by atoms with Crippen molar-refractivity contribution in [3.63, 3.8) is 0 Å². The summed E-state index contributed by atoms with van der Waals surface area (Å²) in [5, 5.41) is 0. The van der Waals surface area contributed by atoms with Crippen LogP contribution >= 0.6 is 15.9 Å². The number of piperidine rings is 1. The molecule has 1 fully saturated rings. The van der Waals surface area contributed by atoms with Crippen molar-refractivity contribution in [2.45, 2.75) is 24.2 Å². The molecule has 0 aromatic heterocycles. The van der Waals surface area contributed by atoms with Crippen molar-refractivity contribution in [2.75, 3.05) is 19.6 Å². The number of hydrogen-bond donors (Lipinski definition) is 2. The minimum Gasteiger partial charge on any atom is -0.366 e. The molecule has 1 saturated heterocycles. The summed E-state index contributed by atoms with van der Waals surface area (Å²) in [5.41, 5.74) is 11.0. The quantitative estimate of drug-likeness (QED) is 0.790. The SMILES string of the molecule is NCCC1CCCN(S(=O)(=O)c2cc(Br)cc(C(N)=O)c2)C1. The zero-order valence-electron chi connectivity index (χ0n) is 12.2. The van der Waals surface area contributed by atoms with Gasteiger partial charge in [0.2, 0.25) is 15.9 Å². The minimum absolute atomic E-state index is 0.0871. The van der Waals surface area contributed by atoms with Crippen LogP contribution in [-0.2, 0) is 10.0 Å². The largest absolute Gasteiger partial charge is 0.366 e. The molecule has 0 aliphatic carbocycles. The van der Waals surface area contributed by atoms with Gasteiger partial charge in [-0.15, -0.1) is 0 Å². The smallest absolute Gasteiger partial charge is 0.248 e. The zero-order chi connectivity index (χ0) is 16.3. The number of nitrogens with two attached hydrogens (primary N) is 2. The van der Waals surface area contributed by atoms with E-state index in [1.165, 1.54) is 22.5 Å². The summed E-state index contributed by atoms with van der Waals surface area (Å²) < 4.78 is 27.6. The Labute approximate surface area is 139 Å². The van der Waals surface area contributed by atoms with Crippen LogP contribution in [0.4, 0.5) is 0 Å². The summed E-state index contributed by atoms with van der Waals surface area (Å²) in [5.74, 6) is -0.367. The molecule has 1 aromatic rings. The Morgan fingerprint density at radius 3 is 2.73 bits per heavy atom. The van der Waals surface area contributed by atoms with E-state index in [4.69, 9.17) is 11.5 Å². The summed E-state index contributed by atoms with van der Waals surface area (Å²) in [6, 6.07) is 4.33. The number of carbonyl (C=O) groups is 1. The molecule has 0 bridgehead atoms. The molecule has 8 heteroatoms. The maximum absolute atomic E-state index is 12.8. The lowest BCUT2D eigenvalue weighted by molar-refractivity contribution is 0.1000. The summed E-state index contributed by atoms with van der Waals surface area (Å²) in [4.78, 5) is 11.4. The highest BCUT2D eigenvalue weighted by Gasteiger charge is 2.30. The van der Waals surface area contributed by atoms with Gasteiger partial charge in [-0.25, -0.2) is 8.42 Å². The van der Waals surface area contributed by atoms with E-state index < -0.39 is 15.9 Å². The van der Waals surface area contributed by atoms with Gasteiger partial charge in [-0.05, 0) is 49.9 Å². The van der Waals surface area contributed by atoms with Crippen LogP contribution in [0.3, 0.4) is 0 Å². The molecule has 22 heavy (non-hydrogen) atoms. The molecule has 1 aromatic carbocycles. The number of sulfonamides is 1. The predicted octanol–water partition coefficient (Wildman–Crippen LogP) is 1.30. The number of hydrogen-bond acceptors (Lipinski definition) is 4. The van der Waals surface area contributed by atoms with Gasteiger partial charge in [0.15, 0.2) is 0 Å². The summed E-state index contributed by atoms with van der Waals surface area (Å²) in [7, 11) is -3.64. The lowest BCUT2D eigenvalue weighted by atomic mass is 9.96. The molecular weight excluding hydrogens is 370 g/mol. The van der Waals surface area contributed by atoms with Crippen molar-refractivity contribution in [2.24, 2.45) is 17.4 Å². The van der Waals surface area contributed by atoms with Crippen LogP contribution in [0.2, 0.25) is 0 Å². The number of carbonyl (C=O) groups excluding carboxylic acids is 1. The van der Waals surface area contributed by atoms with Crippen molar-refractivity contribution >= 4 is 31.9 Å². The van der Waals surface area contributed by atoms with Gasteiger partial charge in [0.1, 0.15) is 0 Å². The van der Waals surface area contributed by atoms with Crippen molar-refractivity contribution in [1.29, 1.82) is 0 Å². The third-order valence-corrected chi connectivity index (χ3v) is 6.15. The average molecular weight is 390 g/mol. The van der Waals surface area contributed by atoms with Gasteiger partial charge in [0, 0.05) is 23.1 Å². The van der Waals surface area contributed by atoms with Crippen LogP contribution in [0.15, 0.2) is 27.6 Å². The summed E-state index contributed by atoms with van der Waals surface area (Å²) >= 11 is 3.23. The first-order valence-electron chi connectivity index (χ1n) is 7.15. The van der Waals surface area contributed by atoms with Gasteiger partial charge >= 0.3 is 0 Å². The van der Waals surface area contributed by atoms with Crippen LogP contribution in [-0.4, -0.2) is 38.3 Å². The zero-order valence-corrected chi connectivity index (χ0v) is 14.6. The van der Waals surface area contributed by atoms with E-state index in [1.807, 2.05) is 0 Å². The highest BCUT2D eigenvalue weighted by molar-refractivity contribution is 9.10. The molecule has 1 heterocycles. The molecule has 1 unspecified atom stereocenters. The Balaban J connectivity index is 2.32. The highest BCUT2D eigenvalue weighted by Crippen LogP contribution is 2.27. The Hall–Kier alpha value is -0.960. The highest BCUT2D eigenvalue weighted by atomic mass is 79.9. The monoisotopic (exact) mass is 389 g/mol. The molecular formula is C14H20BrN3O3S. The number of nitrogens with zero attached hydrogens (tertiary/aromatic N) is 1. The molecule has 0 radical (unpaired) electrons. The van der Waals surface area contributed by atoms with Gasteiger partial charge in [0.25, 0.3) is 0 Å². The van der Waals surface area contributed by atoms with Crippen LogP contribution in [0.1, 0.15) is 29.6 Å². The van der Waals surface area contributed by atoms with Crippen molar-refractivity contribution < 1.29 is 13.2 Å². The number of amides is 1. The first-order valence-corrected chi connectivity index (χ1v) is 9.38. The molecule has 1 aliphatic rings. The molecule has 0 spiro atoms. The van der Waals surface area contributed by atoms with E-state index in [1.54, 1.807) is 0 Å². The maximum atomic E-state index is 12.8. The van der Waals surface area contributed by atoms with E-state index >= 15 is 0 Å². The number of rotatable bonds is 5. The van der Waals surface area contributed by atoms with Crippen LogP contribution in [0, 0.1) is 5.92 Å². The van der Waals surface area contributed by atoms with E-state index in [0.29, 0.717) is 24.1 Å². The Bertz CT molecular complexity index is 661. The van der Waals surface area contributed by atoms with Crippen molar-refractivity contribution in [3.8, 4) is 0 Å². The van der Waals surface area contributed by atoms with Crippen LogP contribution < -0.4 is 11.5 Å². The molecule has 122 valence electrons. The number of benzene rings is 1. The van der Waals surface area contributed by atoms with Gasteiger partial charge in [-0.2, -0.15) is 4.31 Å². The first kappa shape index (κ1) is 17.4. The van der Waals surface area contributed by atoms with Crippen molar-refractivity contribution in [3.05, 3.63) is 28.2 Å². The molecule has 1 amide bonds. The Morgan fingerprint density at radius 1 is 1.36 bits per heavy atom. The second-order valence-electron chi connectivity index (χ2n) is 5.49. The van der Waals surface area contributed by atoms with Gasteiger partial charge in [-0.1, -0.05) is 15.9 Å². The fourth-order valence-electron chi connectivity index (χ4n) is 2.72. The summed E-state index contributed by atoms with van der Waals surface area (Å²) in [6.07, 6.45) is 2.63. The second-order valence-corrected chi connectivity index (χ2v) is 8.34. The first-order chi connectivity index (χ1) is 10.3. The van der Waals surface area contributed by atoms with Crippen LogP contribution in [0.25, 0.3) is 0 Å². The minimum atomic E-state index is -3.64. The molecule has 6 nitrogen and oxygen atoms in total. The molecule has 1 atom stereocenters. The van der Waals surface area contributed by atoms with Gasteiger partial charge in [0.05, 0.1) is 4.90 Å². The van der Waals surface area contributed by atoms with E-state index in [9.17, 15) is 13.2 Å². The molecule has 1 aliphatic heterocycles. The number of primary amides is 1. The predicted molar refractivity (Wildman–Crippen MR) is 87.8 cm³/mol. The maximum Gasteiger partial charge on any atom is 0.248 e. The van der Waals surface area contributed by atoms with Crippen LogP contribution in [0.5, 0.6) is 0 Å². The lowest BCUT2D eigenvalue weighted by Gasteiger charge is -2.31. The number of halogens is 1. The topological polar surface area (TPSA) is 106 Å². The fourth-order valence-corrected chi connectivity index (χ4v) is 4.99. The van der Waals surface area contributed by atoms with Crippen molar-refractivity contribution in [1.82, 2.24) is 4.31 Å². The standard InChI is InChI=1S/C14H20BrN3O3S/c15-12-6-11(14(17)19)7-13(8-12)22(20,21)18-5-1-2-10(9-18)3-4-16/h6-8,10H,1-5,9,16H2,(H2,17,19).